The molecule has 146 valence electrons. The number of urea groups is 1. The van der Waals surface area contributed by atoms with Crippen molar-refractivity contribution in [1.29, 1.82) is 5.26 Å². The number of ether oxygens (including phenoxy) is 1. The van der Waals surface area contributed by atoms with E-state index in [1.807, 2.05) is 6.07 Å². The first kappa shape index (κ1) is 19.7. The smallest absolute Gasteiger partial charge is 0.321 e. The van der Waals surface area contributed by atoms with Crippen molar-refractivity contribution in [1.82, 2.24) is 9.21 Å². The van der Waals surface area contributed by atoms with E-state index in [9.17, 15) is 13.2 Å². The summed E-state index contributed by atoms with van der Waals surface area (Å²) in [5.41, 5.74) is 1.01. The number of piperazine rings is 1. The van der Waals surface area contributed by atoms with Crippen molar-refractivity contribution in [3.63, 3.8) is 0 Å². The van der Waals surface area contributed by atoms with Crippen LogP contribution in [0.1, 0.15) is 5.56 Å². The zero-order valence-corrected chi connectivity index (χ0v) is 16.1. The van der Waals surface area contributed by atoms with Crippen LogP contribution in [0.4, 0.5) is 10.5 Å². The molecule has 0 atom stereocenters. The molecular formula is C19H20N4O4S. The molecule has 1 aliphatic heterocycles. The zero-order valence-electron chi connectivity index (χ0n) is 15.3. The number of rotatable bonds is 4. The SMILES string of the molecule is COc1cccc(NC(=O)N2CCN(S(=O)(=O)c3ccc(C#N)cc3)CC2)c1. The van der Waals surface area contributed by atoms with E-state index in [0.29, 0.717) is 17.0 Å². The minimum Gasteiger partial charge on any atom is -0.497 e. The maximum Gasteiger partial charge on any atom is 0.321 e. The third-order valence-electron chi connectivity index (χ3n) is 4.47. The average Bonchev–Trinajstić information content (AvgIpc) is 2.74. The number of sulfonamides is 1. The largest absolute Gasteiger partial charge is 0.497 e. The highest BCUT2D eigenvalue weighted by Gasteiger charge is 2.30. The van der Waals surface area contributed by atoms with Gasteiger partial charge >= 0.3 is 6.03 Å². The number of amides is 2. The van der Waals surface area contributed by atoms with E-state index in [1.165, 1.54) is 28.6 Å². The lowest BCUT2D eigenvalue weighted by atomic mass is 10.2. The summed E-state index contributed by atoms with van der Waals surface area (Å²) in [6.45, 7) is 0.971. The number of nitrogens with one attached hydrogen (secondary N) is 1. The second kappa shape index (κ2) is 8.29. The zero-order chi connectivity index (χ0) is 20.1. The van der Waals surface area contributed by atoms with Gasteiger partial charge in [0.25, 0.3) is 0 Å². The molecular weight excluding hydrogens is 380 g/mol. The van der Waals surface area contributed by atoms with Crippen LogP contribution in [0.2, 0.25) is 0 Å². The summed E-state index contributed by atoms with van der Waals surface area (Å²) in [5, 5.41) is 11.6. The molecule has 1 fully saturated rings. The summed E-state index contributed by atoms with van der Waals surface area (Å²) in [4.78, 5) is 14.2. The molecule has 1 aliphatic rings. The Kier molecular flexibility index (Phi) is 5.82. The van der Waals surface area contributed by atoms with Gasteiger partial charge in [0.1, 0.15) is 5.75 Å². The normalized spacial score (nSPS) is 14.9. The quantitative estimate of drug-likeness (QED) is 0.847. The molecule has 1 heterocycles. The second-order valence-electron chi connectivity index (χ2n) is 6.19. The summed E-state index contributed by atoms with van der Waals surface area (Å²) in [6, 6.07) is 14.5. The molecule has 2 aromatic carbocycles. The van der Waals surface area contributed by atoms with Crippen molar-refractivity contribution in [3.8, 4) is 11.8 Å². The number of carbonyl (C=O) groups excluding carboxylic acids is 1. The van der Waals surface area contributed by atoms with Crippen LogP contribution >= 0.6 is 0 Å². The Labute approximate surface area is 164 Å². The Morgan fingerprint density at radius 2 is 1.79 bits per heavy atom. The lowest BCUT2D eigenvalue weighted by molar-refractivity contribution is 0.184. The first-order valence-electron chi connectivity index (χ1n) is 8.64. The second-order valence-corrected chi connectivity index (χ2v) is 8.13. The number of anilines is 1. The van der Waals surface area contributed by atoms with Crippen LogP contribution in [0.15, 0.2) is 53.4 Å². The molecule has 0 radical (unpaired) electrons. The fraction of sp³-hybridized carbons (Fsp3) is 0.263. The monoisotopic (exact) mass is 400 g/mol. The lowest BCUT2D eigenvalue weighted by Crippen LogP contribution is -2.51. The average molecular weight is 400 g/mol. The van der Waals surface area contributed by atoms with Gasteiger partial charge in [0.05, 0.1) is 23.6 Å². The third kappa shape index (κ3) is 4.24. The number of carbonyl (C=O) groups is 1. The van der Waals surface area contributed by atoms with Crippen LogP contribution in [0.5, 0.6) is 5.75 Å². The minimum atomic E-state index is -3.66. The van der Waals surface area contributed by atoms with Crippen LogP contribution < -0.4 is 10.1 Å². The summed E-state index contributed by atoms with van der Waals surface area (Å²) < 4.78 is 32.0. The number of methoxy groups -OCH3 is 1. The maximum absolute atomic E-state index is 12.7. The van der Waals surface area contributed by atoms with Gasteiger partial charge in [-0.25, -0.2) is 13.2 Å². The number of hydrogen-bond acceptors (Lipinski definition) is 5. The van der Waals surface area contributed by atoms with Crippen LogP contribution in [0, 0.1) is 11.3 Å². The van der Waals surface area contributed by atoms with Crippen molar-refractivity contribution in [2.45, 2.75) is 4.90 Å². The Hall–Kier alpha value is -3.09. The fourth-order valence-electron chi connectivity index (χ4n) is 2.89. The molecule has 0 aliphatic carbocycles. The van der Waals surface area contributed by atoms with Crippen LogP contribution in [0.25, 0.3) is 0 Å². The third-order valence-corrected chi connectivity index (χ3v) is 6.38. The van der Waals surface area contributed by atoms with Crippen LogP contribution in [-0.2, 0) is 10.0 Å². The highest BCUT2D eigenvalue weighted by atomic mass is 32.2. The van der Waals surface area contributed by atoms with Crippen molar-refractivity contribution >= 4 is 21.7 Å². The van der Waals surface area contributed by atoms with Gasteiger partial charge in [-0.15, -0.1) is 0 Å². The highest BCUT2D eigenvalue weighted by molar-refractivity contribution is 7.89. The molecule has 0 spiro atoms. The van der Waals surface area contributed by atoms with Crippen LogP contribution in [0.3, 0.4) is 0 Å². The van der Waals surface area contributed by atoms with Crippen molar-refractivity contribution in [3.05, 3.63) is 54.1 Å². The standard InChI is InChI=1S/C19H20N4O4S/c1-27-17-4-2-3-16(13-17)21-19(24)22-9-11-23(12-10-22)28(25,26)18-7-5-15(14-20)6-8-18/h2-8,13H,9-12H2,1H3,(H,21,24). The van der Waals surface area contributed by atoms with E-state index >= 15 is 0 Å². The van der Waals surface area contributed by atoms with Crippen LogP contribution in [-0.4, -0.2) is 56.9 Å². The van der Waals surface area contributed by atoms with Gasteiger partial charge in [-0.05, 0) is 36.4 Å². The molecule has 0 bridgehead atoms. The maximum atomic E-state index is 12.7. The van der Waals surface area contributed by atoms with Gasteiger partial charge in [-0.1, -0.05) is 6.07 Å². The molecule has 0 aromatic heterocycles. The van der Waals surface area contributed by atoms with Gasteiger partial charge in [0, 0.05) is 37.9 Å². The van der Waals surface area contributed by atoms with E-state index in [1.54, 1.807) is 36.3 Å². The number of nitriles is 1. The summed E-state index contributed by atoms with van der Waals surface area (Å²) in [7, 11) is -2.10. The molecule has 0 saturated carbocycles. The first-order valence-corrected chi connectivity index (χ1v) is 10.1. The molecule has 2 amide bonds. The predicted octanol–water partition coefficient (Wildman–Crippen LogP) is 2.11. The van der Waals surface area contributed by atoms with Crippen molar-refractivity contribution < 1.29 is 17.9 Å². The predicted molar refractivity (Wildman–Crippen MR) is 104 cm³/mol. The van der Waals surface area contributed by atoms with E-state index < -0.39 is 10.0 Å². The highest BCUT2D eigenvalue weighted by Crippen LogP contribution is 2.20. The molecule has 28 heavy (non-hydrogen) atoms. The Bertz CT molecular complexity index is 991. The van der Waals surface area contributed by atoms with Crippen molar-refractivity contribution in [2.24, 2.45) is 0 Å². The first-order chi connectivity index (χ1) is 13.4. The number of benzene rings is 2. The van der Waals surface area contributed by atoms with Gasteiger partial charge < -0.3 is 15.0 Å². The molecule has 3 rings (SSSR count). The molecule has 1 N–H and O–H groups in total. The Balaban J connectivity index is 1.61. The summed E-state index contributed by atoms with van der Waals surface area (Å²) >= 11 is 0. The summed E-state index contributed by atoms with van der Waals surface area (Å²) in [5.74, 6) is 0.635. The van der Waals surface area contributed by atoms with E-state index in [4.69, 9.17) is 10.00 Å². The van der Waals surface area contributed by atoms with E-state index in [0.717, 1.165) is 0 Å². The molecule has 0 unspecified atom stereocenters. The van der Waals surface area contributed by atoms with Gasteiger partial charge in [-0.2, -0.15) is 9.57 Å². The summed E-state index contributed by atoms with van der Waals surface area (Å²) in [6.07, 6.45) is 0. The molecule has 2 aromatic rings. The van der Waals surface area contributed by atoms with E-state index in [-0.39, 0.29) is 37.1 Å². The minimum absolute atomic E-state index is 0.140. The Morgan fingerprint density at radius 1 is 1.11 bits per heavy atom. The van der Waals surface area contributed by atoms with E-state index in [2.05, 4.69) is 5.32 Å². The number of nitrogens with zero attached hydrogens (tertiary/aromatic N) is 3. The van der Waals surface area contributed by atoms with Gasteiger partial charge in [0.2, 0.25) is 10.0 Å². The fourth-order valence-corrected chi connectivity index (χ4v) is 4.31. The topological polar surface area (TPSA) is 103 Å². The van der Waals surface area contributed by atoms with Gasteiger partial charge in [-0.3, -0.25) is 0 Å². The lowest BCUT2D eigenvalue weighted by Gasteiger charge is -2.34. The number of hydrogen-bond donors (Lipinski definition) is 1. The van der Waals surface area contributed by atoms with Crippen molar-refractivity contribution in [2.75, 3.05) is 38.6 Å². The molecule has 9 heteroatoms. The van der Waals surface area contributed by atoms with Gasteiger partial charge in [0.15, 0.2) is 0 Å². The molecule has 1 saturated heterocycles. The molecule has 8 nitrogen and oxygen atoms in total. The Morgan fingerprint density at radius 3 is 2.39 bits per heavy atom.